The minimum absolute atomic E-state index is 0.179. The monoisotopic (exact) mass is 397 g/mol. The third kappa shape index (κ3) is 2.87. The van der Waals surface area contributed by atoms with Gasteiger partial charge >= 0.3 is 6.09 Å². The van der Waals surface area contributed by atoms with E-state index < -0.39 is 49.0 Å². The molecule has 10 nitrogen and oxygen atoms in total. The first-order valence-electron chi connectivity index (χ1n) is 8.27. The number of ether oxygens (including phenoxy) is 3. The summed E-state index contributed by atoms with van der Waals surface area (Å²) in [4.78, 5) is 19.2. The van der Waals surface area contributed by atoms with Gasteiger partial charge in [-0.25, -0.2) is 14.8 Å². The molecule has 0 saturated carbocycles. The van der Waals surface area contributed by atoms with E-state index in [0.29, 0.717) is 15.8 Å². The van der Waals surface area contributed by atoms with E-state index in [0.717, 1.165) is 0 Å². The molecule has 0 unspecified atom stereocenters. The molecule has 0 aromatic carbocycles. The van der Waals surface area contributed by atoms with Gasteiger partial charge in [-0.1, -0.05) is 0 Å². The highest BCUT2D eigenvalue weighted by Gasteiger charge is 2.63. The lowest BCUT2D eigenvalue weighted by Gasteiger charge is -2.31. The molecule has 4 heterocycles. The number of anilines is 1. The second-order valence-electron chi connectivity index (χ2n) is 6.96. The van der Waals surface area contributed by atoms with Gasteiger partial charge in [-0.15, -0.1) is 11.3 Å². The summed E-state index contributed by atoms with van der Waals surface area (Å²) in [7, 11) is 0. The van der Waals surface area contributed by atoms with Crippen LogP contribution in [0.1, 0.15) is 25.5 Å². The maximum absolute atomic E-state index is 11.0. The minimum atomic E-state index is -1.31. The zero-order valence-electron chi connectivity index (χ0n) is 14.6. The van der Waals surface area contributed by atoms with Crippen molar-refractivity contribution in [3.05, 3.63) is 17.3 Å². The Morgan fingerprint density at radius 3 is 2.67 bits per heavy atom. The molecule has 146 valence electrons. The molecule has 2 aromatic rings. The summed E-state index contributed by atoms with van der Waals surface area (Å²) in [6, 6.07) is 0. The summed E-state index contributed by atoms with van der Waals surface area (Å²) >= 11 is 1.27. The average molecular weight is 397 g/mol. The molecule has 11 heteroatoms. The van der Waals surface area contributed by atoms with E-state index in [1.807, 2.05) is 0 Å². The van der Waals surface area contributed by atoms with Crippen LogP contribution in [-0.2, 0) is 14.2 Å². The van der Waals surface area contributed by atoms with Gasteiger partial charge in [-0.05, 0) is 19.2 Å². The third-order valence-corrected chi connectivity index (χ3v) is 5.75. The van der Waals surface area contributed by atoms with Gasteiger partial charge in [0, 0.05) is 5.56 Å². The van der Waals surface area contributed by atoms with Crippen molar-refractivity contribution in [2.75, 3.05) is 18.5 Å². The minimum Gasteiger partial charge on any atom is -0.465 e. The van der Waals surface area contributed by atoms with Gasteiger partial charge in [0.2, 0.25) is 0 Å². The van der Waals surface area contributed by atoms with E-state index in [1.54, 1.807) is 19.2 Å². The van der Waals surface area contributed by atoms with Gasteiger partial charge in [0.15, 0.2) is 11.6 Å². The highest BCUT2D eigenvalue weighted by molar-refractivity contribution is 7.18. The molecule has 0 bridgehead atoms. The van der Waals surface area contributed by atoms with E-state index in [-0.39, 0.29) is 5.82 Å². The molecule has 4 rings (SSSR count). The summed E-state index contributed by atoms with van der Waals surface area (Å²) in [6.45, 7) is 2.63. The molecule has 27 heavy (non-hydrogen) atoms. The molecular weight excluding hydrogens is 378 g/mol. The van der Waals surface area contributed by atoms with E-state index in [9.17, 15) is 15.0 Å². The number of aliphatic hydroxyl groups excluding tert-OH is 2. The fourth-order valence-corrected chi connectivity index (χ4v) is 4.60. The number of amides is 1. The first-order chi connectivity index (χ1) is 12.8. The van der Waals surface area contributed by atoms with E-state index in [4.69, 9.17) is 19.3 Å². The van der Waals surface area contributed by atoms with Gasteiger partial charge in [0.05, 0.1) is 23.4 Å². The lowest BCUT2D eigenvalue weighted by Crippen LogP contribution is -2.49. The Balaban J connectivity index is 1.78. The van der Waals surface area contributed by atoms with Crippen molar-refractivity contribution in [1.29, 1.82) is 0 Å². The highest BCUT2D eigenvalue weighted by atomic mass is 32.1. The summed E-state index contributed by atoms with van der Waals surface area (Å²) in [5.41, 5.74) is -0.139. The van der Waals surface area contributed by atoms with Crippen LogP contribution in [-0.4, -0.2) is 68.2 Å². The van der Waals surface area contributed by atoms with Crippen LogP contribution in [0, 0.1) is 0 Å². The average Bonchev–Trinajstić information content (AvgIpc) is 3.25. The van der Waals surface area contributed by atoms with Gasteiger partial charge in [0.25, 0.3) is 0 Å². The number of aliphatic hydroxyl groups is 2. The van der Waals surface area contributed by atoms with Crippen molar-refractivity contribution in [3.63, 3.8) is 0 Å². The van der Waals surface area contributed by atoms with Crippen LogP contribution in [0.3, 0.4) is 0 Å². The largest absolute Gasteiger partial charge is 0.465 e. The Labute approximate surface area is 157 Å². The molecule has 2 aliphatic heterocycles. The predicted molar refractivity (Wildman–Crippen MR) is 93.6 cm³/mol. The number of hydrogen-bond donors (Lipinski definition) is 4. The van der Waals surface area contributed by atoms with Gasteiger partial charge in [-0.3, -0.25) is 5.32 Å². The summed E-state index contributed by atoms with van der Waals surface area (Å²) in [6.07, 6.45) is -1.85. The fraction of sp³-hybridized carbons (Fsp3) is 0.562. The van der Waals surface area contributed by atoms with Crippen LogP contribution < -0.4 is 5.32 Å². The van der Waals surface area contributed by atoms with Crippen LogP contribution in [0.5, 0.6) is 0 Å². The fourth-order valence-electron chi connectivity index (χ4n) is 3.61. The standard InChI is InChI=1S/C16H19N3O7S/c1-15(2)24-10-9(25-16(4-20,5-21)12(10)26-15)7-3-27-11-8(7)17-6-18-13(11)19-14(22)23/h3,6,9-10,12,20-21H,4-5H2,1-2H3,(H,22,23)(H,17,18,19)/t9-,10-,12-/m0/s1. The SMILES string of the molecule is CC1(C)O[C@H]2[C@H](c3csc4c(NC(=O)O)ncnc34)OC(CO)(CO)[C@H]2O1. The Kier molecular flexibility index (Phi) is 4.33. The second kappa shape index (κ2) is 6.33. The van der Waals surface area contributed by atoms with Crippen LogP contribution in [0.25, 0.3) is 10.2 Å². The van der Waals surface area contributed by atoms with Gasteiger partial charge in [-0.2, -0.15) is 0 Å². The molecule has 2 aromatic heterocycles. The maximum Gasteiger partial charge on any atom is 0.410 e. The van der Waals surface area contributed by atoms with Crippen molar-refractivity contribution >= 4 is 33.5 Å². The van der Waals surface area contributed by atoms with Crippen LogP contribution in [0.4, 0.5) is 10.6 Å². The smallest absolute Gasteiger partial charge is 0.410 e. The van der Waals surface area contributed by atoms with Crippen molar-refractivity contribution in [3.8, 4) is 0 Å². The summed E-state index contributed by atoms with van der Waals surface area (Å²) in [5.74, 6) is -0.721. The topological polar surface area (TPSA) is 143 Å². The number of carbonyl (C=O) groups is 1. The van der Waals surface area contributed by atoms with E-state index >= 15 is 0 Å². The number of hydrogen-bond acceptors (Lipinski definition) is 9. The second-order valence-corrected chi connectivity index (χ2v) is 7.84. The molecule has 2 aliphatic rings. The lowest BCUT2D eigenvalue weighted by atomic mass is 9.95. The first-order valence-corrected chi connectivity index (χ1v) is 9.15. The van der Waals surface area contributed by atoms with Gasteiger partial charge < -0.3 is 29.5 Å². The van der Waals surface area contributed by atoms with Crippen LogP contribution in [0.15, 0.2) is 11.7 Å². The Morgan fingerprint density at radius 1 is 1.26 bits per heavy atom. The number of aromatic nitrogens is 2. The number of rotatable bonds is 4. The third-order valence-electron chi connectivity index (χ3n) is 4.76. The molecule has 0 radical (unpaired) electrons. The normalized spacial score (nSPS) is 28.4. The zero-order valence-corrected chi connectivity index (χ0v) is 15.4. The molecule has 2 fully saturated rings. The van der Waals surface area contributed by atoms with Crippen LogP contribution >= 0.6 is 11.3 Å². The summed E-state index contributed by atoms with van der Waals surface area (Å²) < 4.78 is 18.5. The Hall–Kier alpha value is -1.89. The van der Waals surface area contributed by atoms with Gasteiger partial charge in [0.1, 0.15) is 30.2 Å². The predicted octanol–water partition coefficient (Wildman–Crippen LogP) is 1.10. The molecule has 0 spiro atoms. The number of nitrogens with zero attached hydrogens (tertiary/aromatic N) is 2. The number of fused-ring (bicyclic) bond motifs is 2. The number of thiophene rings is 1. The maximum atomic E-state index is 11.0. The van der Waals surface area contributed by atoms with Crippen LogP contribution in [0.2, 0.25) is 0 Å². The molecule has 0 aliphatic carbocycles. The van der Waals surface area contributed by atoms with E-state index in [2.05, 4.69) is 15.3 Å². The highest BCUT2D eigenvalue weighted by Crippen LogP contribution is 2.51. The number of nitrogens with one attached hydrogen (secondary N) is 1. The van der Waals surface area contributed by atoms with Crippen molar-refractivity contribution in [2.24, 2.45) is 0 Å². The van der Waals surface area contributed by atoms with Crippen molar-refractivity contribution in [1.82, 2.24) is 9.97 Å². The van der Waals surface area contributed by atoms with E-state index in [1.165, 1.54) is 17.7 Å². The number of carboxylic acid groups (broad SMARTS) is 1. The molecule has 2 saturated heterocycles. The molecular formula is C16H19N3O7S. The zero-order chi connectivity index (χ0) is 19.4. The summed E-state index contributed by atoms with van der Waals surface area (Å²) in [5, 5.41) is 32.8. The Morgan fingerprint density at radius 2 is 2.00 bits per heavy atom. The molecule has 4 N–H and O–H groups in total. The van der Waals surface area contributed by atoms with Crippen molar-refractivity contribution in [2.45, 2.75) is 43.5 Å². The van der Waals surface area contributed by atoms with Crippen molar-refractivity contribution < 1.29 is 34.3 Å². The Bertz CT molecular complexity index is 882. The molecule has 3 atom stereocenters. The first kappa shape index (κ1) is 18.5. The lowest BCUT2D eigenvalue weighted by molar-refractivity contribution is -0.224. The molecule has 1 amide bonds. The quantitative estimate of drug-likeness (QED) is 0.596.